The van der Waals surface area contributed by atoms with Crippen LogP contribution in [0.2, 0.25) is 0 Å². The number of halogens is 4. The third-order valence-corrected chi connectivity index (χ3v) is 5.96. The zero-order valence-corrected chi connectivity index (χ0v) is 17.9. The van der Waals surface area contributed by atoms with Gasteiger partial charge in [0.2, 0.25) is 10.0 Å². The van der Waals surface area contributed by atoms with Gasteiger partial charge in [0.05, 0.1) is 17.1 Å². The first-order chi connectivity index (χ1) is 14.3. The van der Waals surface area contributed by atoms with Gasteiger partial charge in [0.25, 0.3) is 5.56 Å². The molecule has 0 atom stereocenters. The number of benzene rings is 1. The summed E-state index contributed by atoms with van der Waals surface area (Å²) < 4.78 is 79.4. The number of alkyl halides is 3. The maximum Gasteiger partial charge on any atom is 0.431 e. The standard InChI is InChI=1S/C17H18F4N4O4S2/c1-3-4-7-31(28,29)23-12-8-10(5-6-11(12)15(22)30-21)25-14(26)9-13(17(18,19)20)24(2)16(25)27/h5-6,8-9,22-23H,3-4,7H2,1-2H3. The maximum absolute atomic E-state index is 13.0. The predicted octanol–water partition coefficient (Wildman–Crippen LogP) is 3.04. The molecule has 170 valence electrons. The molecule has 0 radical (unpaired) electrons. The Morgan fingerprint density at radius 2 is 1.87 bits per heavy atom. The molecule has 1 aromatic heterocycles. The van der Waals surface area contributed by atoms with E-state index in [2.05, 4.69) is 4.72 Å². The monoisotopic (exact) mass is 482 g/mol. The second-order valence-electron chi connectivity index (χ2n) is 6.45. The van der Waals surface area contributed by atoms with Crippen LogP contribution in [-0.4, -0.2) is 28.3 Å². The van der Waals surface area contributed by atoms with Crippen LogP contribution in [0.5, 0.6) is 0 Å². The molecule has 0 unspecified atom stereocenters. The van der Waals surface area contributed by atoms with E-state index in [1.165, 1.54) is 0 Å². The van der Waals surface area contributed by atoms with Crippen molar-refractivity contribution >= 4 is 32.9 Å². The van der Waals surface area contributed by atoms with Gasteiger partial charge in [-0.1, -0.05) is 13.3 Å². The fourth-order valence-corrected chi connectivity index (χ4v) is 4.22. The third-order valence-electron chi connectivity index (χ3n) is 4.23. The quantitative estimate of drug-likeness (QED) is 0.358. The van der Waals surface area contributed by atoms with Crippen molar-refractivity contribution in [1.29, 1.82) is 5.41 Å². The lowest BCUT2D eigenvalue weighted by atomic mass is 10.1. The summed E-state index contributed by atoms with van der Waals surface area (Å²) in [4.78, 5) is 24.7. The van der Waals surface area contributed by atoms with Gasteiger partial charge in [-0.25, -0.2) is 17.8 Å². The SMILES string of the molecule is CCCCS(=O)(=O)Nc1cc(-n2c(=O)cc(C(F)(F)F)n(C)c2=O)ccc1C(=N)SF. The van der Waals surface area contributed by atoms with E-state index in [0.717, 1.165) is 25.2 Å². The summed E-state index contributed by atoms with van der Waals surface area (Å²) in [6, 6.07) is 3.41. The largest absolute Gasteiger partial charge is 0.431 e. The minimum atomic E-state index is -4.94. The number of nitrogens with zero attached hydrogens (tertiary/aromatic N) is 2. The van der Waals surface area contributed by atoms with E-state index in [-0.39, 0.29) is 33.3 Å². The zero-order valence-electron chi connectivity index (χ0n) is 16.3. The second kappa shape index (κ2) is 9.26. The van der Waals surface area contributed by atoms with Gasteiger partial charge in [-0.2, -0.15) is 17.1 Å². The molecule has 1 aromatic carbocycles. The molecule has 0 saturated heterocycles. The predicted molar refractivity (Wildman–Crippen MR) is 110 cm³/mol. The lowest BCUT2D eigenvalue weighted by molar-refractivity contribution is -0.144. The van der Waals surface area contributed by atoms with Crippen LogP contribution in [-0.2, 0) is 23.2 Å². The van der Waals surface area contributed by atoms with Crippen molar-refractivity contribution in [2.45, 2.75) is 25.9 Å². The Bertz CT molecular complexity index is 1220. The molecule has 0 aliphatic rings. The molecule has 1 heterocycles. The first-order valence-electron chi connectivity index (χ1n) is 8.75. The van der Waals surface area contributed by atoms with Crippen molar-refractivity contribution in [1.82, 2.24) is 9.13 Å². The molecule has 0 spiro atoms. The first-order valence-corrected chi connectivity index (χ1v) is 11.1. The lowest BCUT2D eigenvalue weighted by Gasteiger charge is -2.16. The van der Waals surface area contributed by atoms with Gasteiger partial charge in [-0.3, -0.25) is 19.5 Å². The average molecular weight is 482 g/mol. The van der Waals surface area contributed by atoms with E-state index in [0.29, 0.717) is 17.4 Å². The van der Waals surface area contributed by atoms with Crippen LogP contribution in [0.25, 0.3) is 5.69 Å². The Balaban J connectivity index is 2.70. The molecule has 0 saturated carbocycles. The van der Waals surface area contributed by atoms with E-state index in [4.69, 9.17) is 5.41 Å². The molecule has 0 bridgehead atoms. The number of anilines is 1. The summed E-state index contributed by atoms with van der Waals surface area (Å²) >= 11 is -0.460. The number of nitrogens with one attached hydrogen (secondary N) is 2. The van der Waals surface area contributed by atoms with Gasteiger partial charge in [-0.05, 0) is 24.6 Å². The Morgan fingerprint density at radius 3 is 2.42 bits per heavy atom. The van der Waals surface area contributed by atoms with Crippen molar-refractivity contribution < 1.29 is 25.5 Å². The molecule has 2 N–H and O–H groups in total. The van der Waals surface area contributed by atoms with Crippen LogP contribution in [0.3, 0.4) is 0 Å². The fraction of sp³-hybridized carbons (Fsp3) is 0.353. The zero-order chi connectivity index (χ0) is 23.6. The van der Waals surface area contributed by atoms with Crippen LogP contribution in [0.4, 0.5) is 22.7 Å². The number of unbranched alkanes of at least 4 members (excludes halogenated alkanes) is 1. The summed E-state index contributed by atoms with van der Waals surface area (Å²) in [5.74, 6) is -0.273. The summed E-state index contributed by atoms with van der Waals surface area (Å²) in [6.07, 6.45) is -4.05. The second-order valence-corrected chi connectivity index (χ2v) is 8.86. The first kappa shape index (κ1) is 24.7. The van der Waals surface area contributed by atoms with Crippen molar-refractivity contribution in [3.05, 3.63) is 56.4 Å². The summed E-state index contributed by atoms with van der Waals surface area (Å²) in [5.41, 5.74) is -4.79. The Labute approximate surface area is 178 Å². The van der Waals surface area contributed by atoms with E-state index in [1.54, 1.807) is 6.92 Å². The van der Waals surface area contributed by atoms with Crippen molar-refractivity contribution in [3.63, 3.8) is 0 Å². The van der Waals surface area contributed by atoms with Gasteiger partial charge in [0.1, 0.15) is 22.9 Å². The van der Waals surface area contributed by atoms with Crippen LogP contribution < -0.4 is 16.0 Å². The molecule has 0 fully saturated rings. The topological polar surface area (TPSA) is 114 Å². The van der Waals surface area contributed by atoms with Crippen LogP contribution >= 0.6 is 12.1 Å². The summed E-state index contributed by atoms with van der Waals surface area (Å²) in [7, 11) is -3.08. The van der Waals surface area contributed by atoms with E-state index in [1.807, 2.05) is 0 Å². The molecule has 0 aliphatic heterocycles. The van der Waals surface area contributed by atoms with E-state index in [9.17, 15) is 35.1 Å². The van der Waals surface area contributed by atoms with Gasteiger partial charge in [-0.15, -0.1) is 0 Å². The molecular formula is C17H18F4N4O4S2. The molecule has 0 amide bonds. The molecule has 31 heavy (non-hydrogen) atoms. The number of hydrogen-bond acceptors (Lipinski definition) is 6. The van der Waals surface area contributed by atoms with Gasteiger partial charge < -0.3 is 0 Å². The van der Waals surface area contributed by atoms with Crippen molar-refractivity contribution in [2.75, 3.05) is 10.5 Å². The minimum Gasteiger partial charge on any atom is -0.292 e. The van der Waals surface area contributed by atoms with Crippen LogP contribution in [0, 0.1) is 5.41 Å². The van der Waals surface area contributed by atoms with Crippen molar-refractivity contribution in [3.8, 4) is 5.69 Å². The molecule has 2 aromatic rings. The molecule has 14 heteroatoms. The number of hydrogen-bond donors (Lipinski definition) is 2. The van der Waals surface area contributed by atoms with Crippen LogP contribution in [0.1, 0.15) is 31.0 Å². The highest BCUT2D eigenvalue weighted by atomic mass is 32.2. The smallest absolute Gasteiger partial charge is 0.292 e. The molecule has 0 aliphatic carbocycles. The van der Waals surface area contributed by atoms with E-state index >= 15 is 0 Å². The Kier molecular flexibility index (Phi) is 7.36. The van der Waals surface area contributed by atoms with E-state index < -0.39 is 50.3 Å². The van der Waals surface area contributed by atoms with Gasteiger partial charge in [0, 0.05) is 18.7 Å². The fourth-order valence-electron chi connectivity index (χ4n) is 2.68. The van der Waals surface area contributed by atoms with Gasteiger partial charge in [0.15, 0.2) is 0 Å². The van der Waals surface area contributed by atoms with Gasteiger partial charge >= 0.3 is 11.9 Å². The van der Waals surface area contributed by atoms with Crippen molar-refractivity contribution in [2.24, 2.45) is 7.05 Å². The summed E-state index contributed by atoms with van der Waals surface area (Å²) in [5, 5.41) is 7.00. The molecule has 2 rings (SSSR count). The lowest BCUT2D eigenvalue weighted by Crippen LogP contribution is -2.40. The number of sulfonamides is 1. The molecule has 8 nitrogen and oxygen atoms in total. The summed E-state index contributed by atoms with van der Waals surface area (Å²) in [6.45, 7) is 1.77. The highest BCUT2D eigenvalue weighted by Gasteiger charge is 2.35. The Morgan fingerprint density at radius 1 is 1.23 bits per heavy atom. The highest BCUT2D eigenvalue weighted by Crippen LogP contribution is 2.28. The molecular weight excluding hydrogens is 464 g/mol. The highest BCUT2D eigenvalue weighted by molar-refractivity contribution is 8.10. The minimum absolute atomic E-state index is 0.173. The van der Waals surface area contributed by atoms with Crippen LogP contribution in [0.15, 0.2) is 33.9 Å². The number of aromatic nitrogens is 2. The number of rotatable bonds is 7. The maximum atomic E-state index is 13.0. The Hall–Kier alpha value is -2.61. The third kappa shape index (κ3) is 5.55. The average Bonchev–Trinajstić information content (AvgIpc) is 2.67. The normalized spacial score (nSPS) is 12.1.